The maximum absolute atomic E-state index is 12.2. The fourth-order valence-corrected chi connectivity index (χ4v) is 4.13. The van der Waals surface area contributed by atoms with Crippen molar-refractivity contribution >= 4 is 21.4 Å². The molecule has 0 aliphatic heterocycles. The molecule has 7 heteroatoms. The van der Waals surface area contributed by atoms with Gasteiger partial charge in [-0.2, -0.15) is 9.57 Å². The topological polar surface area (TPSA) is 74.1 Å². The van der Waals surface area contributed by atoms with Crippen LogP contribution < -0.4 is 0 Å². The molecule has 17 heavy (non-hydrogen) atoms. The van der Waals surface area contributed by atoms with E-state index >= 15 is 0 Å². The summed E-state index contributed by atoms with van der Waals surface area (Å²) >= 11 is 1.15. The zero-order valence-corrected chi connectivity index (χ0v) is 11.7. The number of nitrogens with zero attached hydrogens (tertiary/aromatic N) is 3. The fourth-order valence-electron chi connectivity index (χ4n) is 1.33. The van der Waals surface area contributed by atoms with Gasteiger partial charge in [-0.25, -0.2) is 13.4 Å². The van der Waals surface area contributed by atoms with Gasteiger partial charge >= 0.3 is 0 Å². The van der Waals surface area contributed by atoms with Gasteiger partial charge in [-0.1, -0.05) is 6.92 Å². The molecule has 1 atom stereocenters. The second-order valence-electron chi connectivity index (χ2n) is 3.68. The summed E-state index contributed by atoms with van der Waals surface area (Å²) in [5.74, 6) is -0.321. The molecule has 0 fully saturated rings. The van der Waals surface area contributed by atoms with Gasteiger partial charge in [0.25, 0.3) is 10.0 Å². The third-order valence-corrected chi connectivity index (χ3v) is 5.54. The van der Waals surface area contributed by atoms with Crippen LogP contribution in [0.4, 0.5) is 0 Å². The molecule has 94 valence electrons. The number of aromatic nitrogens is 1. The molecule has 0 amide bonds. The lowest BCUT2D eigenvalue weighted by molar-refractivity contribution is 0.401. The summed E-state index contributed by atoms with van der Waals surface area (Å²) in [7, 11) is -3.50. The summed E-state index contributed by atoms with van der Waals surface area (Å²) in [6.07, 6.45) is 1.37. The summed E-state index contributed by atoms with van der Waals surface area (Å²) in [6, 6.07) is 2.04. The Morgan fingerprint density at radius 1 is 1.65 bits per heavy atom. The Labute approximate surface area is 106 Å². The zero-order chi connectivity index (χ0) is 13.1. The summed E-state index contributed by atoms with van der Waals surface area (Å²) in [6.45, 7) is 5.79. The van der Waals surface area contributed by atoms with Crippen LogP contribution in [-0.4, -0.2) is 30.8 Å². The van der Waals surface area contributed by atoms with Gasteiger partial charge in [0.2, 0.25) is 0 Å². The summed E-state index contributed by atoms with van der Waals surface area (Å²) < 4.78 is 26.0. The van der Waals surface area contributed by atoms with Crippen molar-refractivity contribution in [2.45, 2.75) is 25.0 Å². The van der Waals surface area contributed by atoms with Crippen LogP contribution in [0.5, 0.6) is 0 Å². The highest BCUT2D eigenvalue weighted by molar-refractivity contribution is 7.91. The molecule has 1 heterocycles. The largest absolute Gasteiger partial charge is 0.254 e. The van der Waals surface area contributed by atoms with E-state index in [0.29, 0.717) is 11.6 Å². The molecule has 5 nitrogen and oxygen atoms in total. The van der Waals surface area contributed by atoms with Crippen LogP contribution in [0.25, 0.3) is 0 Å². The Bertz CT molecular complexity index is 516. The minimum Gasteiger partial charge on any atom is -0.249 e. The molecule has 1 aromatic rings. The van der Waals surface area contributed by atoms with E-state index in [-0.39, 0.29) is 16.7 Å². The lowest BCUT2D eigenvalue weighted by atomic mass is 10.2. The molecule has 0 bridgehead atoms. The molecule has 0 aliphatic carbocycles. The third-order valence-electron chi connectivity index (χ3n) is 2.24. The molecule has 0 aliphatic rings. The summed E-state index contributed by atoms with van der Waals surface area (Å²) in [5.41, 5.74) is 0. The minimum absolute atomic E-state index is 0.215. The quantitative estimate of drug-likeness (QED) is 0.817. The number of nitriles is 1. The molecule has 0 spiro atoms. The van der Waals surface area contributed by atoms with Crippen LogP contribution in [-0.2, 0) is 10.0 Å². The second kappa shape index (κ2) is 5.58. The van der Waals surface area contributed by atoms with Crippen LogP contribution in [0.3, 0.4) is 0 Å². The van der Waals surface area contributed by atoms with Gasteiger partial charge in [-0.05, 0) is 13.8 Å². The van der Waals surface area contributed by atoms with Crippen LogP contribution >= 0.6 is 11.3 Å². The molecule has 0 saturated heterocycles. The zero-order valence-electron chi connectivity index (χ0n) is 10.0. The first-order chi connectivity index (χ1) is 7.91. The second-order valence-corrected chi connectivity index (χ2v) is 7.08. The molecule has 1 rings (SSSR count). The maximum Gasteiger partial charge on any atom is 0.254 e. The Morgan fingerprint density at radius 3 is 2.71 bits per heavy atom. The first-order valence-corrected chi connectivity index (χ1v) is 7.49. The van der Waals surface area contributed by atoms with Crippen LogP contribution in [0.15, 0.2) is 10.4 Å². The SMILES string of the molecule is CCN(CC(C)C#N)S(=O)(=O)c1cnc(C)s1. The molecular weight excluding hydrogens is 258 g/mol. The minimum atomic E-state index is -3.50. The summed E-state index contributed by atoms with van der Waals surface area (Å²) in [5, 5.41) is 9.45. The molecular formula is C10H15N3O2S2. The van der Waals surface area contributed by atoms with Crippen molar-refractivity contribution < 1.29 is 8.42 Å². The molecule has 0 radical (unpaired) electrons. The predicted octanol–water partition coefficient (Wildman–Crippen LogP) is 1.62. The highest BCUT2D eigenvalue weighted by atomic mass is 32.2. The van der Waals surface area contributed by atoms with Crippen molar-refractivity contribution in [2.24, 2.45) is 5.92 Å². The Balaban J connectivity index is 2.99. The van der Waals surface area contributed by atoms with Crippen molar-refractivity contribution in [1.82, 2.24) is 9.29 Å². The number of hydrogen-bond donors (Lipinski definition) is 0. The number of sulfonamides is 1. The monoisotopic (exact) mass is 273 g/mol. The van der Waals surface area contributed by atoms with E-state index in [0.717, 1.165) is 11.3 Å². The molecule has 0 aromatic carbocycles. The van der Waals surface area contributed by atoms with Gasteiger partial charge in [-0.3, -0.25) is 0 Å². The van der Waals surface area contributed by atoms with Gasteiger partial charge in [-0.15, -0.1) is 11.3 Å². The van der Waals surface area contributed by atoms with E-state index in [1.54, 1.807) is 20.8 Å². The molecule has 0 saturated carbocycles. The number of hydrogen-bond acceptors (Lipinski definition) is 5. The Morgan fingerprint density at radius 2 is 2.29 bits per heavy atom. The molecule has 0 N–H and O–H groups in total. The lowest BCUT2D eigenvalue weighted by Gasteiger charge is -2.20. The first-order valence-electron chi connectivity index (χ1n) is 5.24. The molecule has 1 unspecified atom stereocenters. The van der Waals surface area contributed by atoms with Crippen molar-refractivity contribution in [2.75, 3.05) is 13.1 Å². The standard InChI is InChI=1S/C10H15N3O2S2/c1-4-13(7-8(2)5-11)17(14,15)10-6-12-9(3)16-10/h6,8H,4,7H2,1-3H3. The van der Waals surface area contributed by atoms with E-state index in [1.807, 2.05) is 6.07 Å². The lowest BCUT2D eigenvalue weighted by Crippen LogP contribution is -2.33. The van der Waals surface area contributed by atoms with Gasteiger partial charge in [0.1, 0.15) is 0 Å². The van der Waals surface area contributed by atoms with Crippen molar-refractivity contribution in [3.8, 4) is 6.07 Å². The van der Waals surface area contributed by atoms with Crippen molar-refractivity contribution in [3.63, 3.8) is 0 Å². The summed E-state index contributed by atoms with van der Waals surface area (Å²) in [4.78, 5) is 3.95. The van der Waals surface area contributed by atoms with E-state index in [4.69, 9.17) is 5.26 Å². The van der Waals surface area contributed by atoms with Gasteiger partial charge in [0.15, 0.2) is 4.21 Å². The number of thiazole rings is 1. The fraction of sp³-hybridized carbons (Fsp3) is 0.600. The smallest absolute Gasteiger partial charge is 0.249 e. The highest BCUT2D eigenvalue weighted by Crippen LogP contribution is 2.22. The van der Waals surface area contributed by atoms with Crippen molar-refractivity contribution in [3.05, 3.63) is 11.2 Å². The van der Waals surface area contributed by atoms with E-state index in [2.05, 4.69) is 4.98 Å². The first kappa shape index (κ1) is 14.1. The van der Waals surface area contributed by atoms with Crippen LogP contribution in [0.1, 0.15) is 18.9 Å². The van der Waals surface area contributed by atoms with Gasteiger partial charge in [0, 0.05) is 13.1 Å². The predicted molar refractivity (Wildman–Crippen MR) is 66.1 cm³/mol. The van der Waals surface area contributed by atoms with E-state index < -0.39 is 10.0 Å². The van der Waals surface area contributed by atoms with Crippen molar-refractivity contribution in [1.29, 1.82) is 5.26 Å². The number of aryl methyl sites for hydroxylation is 1. The Kier molecular flexibility index (Phi) is 4.62. The highest BCUT2D eigenvalue weighted by Gasteiger charge is 2.26. The Hall–Kier alpha value is -0.970. The van der Waals surface area contributed by atoms with Crippen LogP contribution in [0, 0.1) is 24.2 Å². The average Bonchev–Trinajstić information content (AvgIpc) is 2.72. The normalized spacial score (nSPS) is 13.6. The van der Waals surface area contributed by atoms with Gasteiger partial charge in [0.05, 0.1) is 23.2 Å². The van der Waals surface area contributed by atoms with E-state index in [1.165, 1.54) is 10.5 Å². The van der Waals surface area contributed by atoms with Crippen LogP contribution in [0.2, 0.25) is 0 Å². The maximum atomic E-state index is 12.2. The molecule has 1 aromatic heterocycles. The third kappa shape index (κ3) is 3.25. The van der Waals surface area contributed by atoms with Gasteiger partial charge < -0.3 is 0 Å². The number of rotatable bonds is 5. The van der Waals surface area contributed by atoms with E-state index in [9.17, 15) is 8.42 Å². The average molecular weight is 273 g/mol.